The van der Waals surface area contributed by atoms with Crippen LogP contribution in [-0.2, 0) is 6.42 Å². The highest BCUT2D eigenvalue weighted by atomic mass is 16.5. The summed E-state index contributed by atoms with van der Waals surface area (Å²) in [6.07, 6.45) is 2.33. The third-order valence-electron chi connectivity index (χ3n) is 4.29. The first-order chi connectivity index (χ1) is 12.9. The summed E-state index contributed by atoms with van der Waals surface area (Å²) in [4.78, 5) is 0. The summed E-state index contributed by atoms with van der Waals surface area (Å²) in [5.74, 6) is 0.442. The van der Waals surface area contributed by atoms with Crippen LogP contribution in [0.5, 0.6) is 23.0 Å². The molecule has 1 aromatic heterocycles. The Kier molecular flexibility index (Phi) is 5.07. The van der Waals surface area contributed by atoms with Gasteiger partial charge < -0.3 is 20.1 Å². The summed E-state index contributed by atoms with van der Waals surface area (Å²) in [5, 5.41) is 37.7. The number of aromatic hydroxyl groups is 3. The van der Waals surface area contributed by atoms with Gasteiger partial charge in [0, 0.05) is 17.2 Å². The van der Waals surface area contributed by atoms with Gasteiger partial charge in [0.15, 0.2) is 0 Å². The Morgan fingerprint density at radius 2 is 1.81 bits per heavy atom. The number of allylic oxidation sites excluding steroid dienone is 2. The highest BCUT2D eigenvalue weighted by molar-refractivity contribution is 5.80. The number of rotatable bonds is 5. The van der Waals surface area contributed by atoms with Crippen molar-refractivity contribution in [1.82, 2.24) is 10.2 Å². The Morgan fingerprint density at radius 3 is 2.44 bits per heavy atom. The van der Waals surface area contributed by atoms with E-state index in [1.807, 2.05) is 19.9 Å². The minimum Gasteiger partial charge on any atom is -0.508 e. The molecule has 0 amide bonds. The molecular formula is C21H22N2O4. The highest BCUT2D eigenvalue weighted by Crippen LogP contribution is 2.44. The molecule has 0 saturated carbocycles. The highest BCUT2D eigenvalue weighted by Gasteiger charge is 2.21. The van der Waals surface area contributed by atoms with E-state index in [-0.39, 0.29) is 17.2 Å². The molecular weight excluding hydrogens is 344 g/mol. The van der Waals surface area contributed by atoms with E-state index >= 15 is 0 Å². The third kappa shape index (κ3) is 3.74. The Morgan fingerprint density at radius 1 is 1.11 bits per heavy atom. The van der Waals surface area contributed by atoms with Gasteiger partial charge in [0.25, 0.3) is 0 Å². The summed E-state index contributed by atoms with van der Waals surface area (Å²) < 4.78 is 5.36. The fraction of sp³-hybridized carbons (Fsp3) is 0.190. The minimum absolute atomic E-state index is 0.0242. The van der Waals surface area contributed by atoms with Crippen molar-refractivity contribution in [3.05, 3.63) is 53.6 Å². The molecule has 0 aliphatic heterocycles. The Labute approximate surface area is 157 Å². The van der Waals surface area contributed by atoms with Crippen LogP contribution in [0.15, 0.2) is 48.0 Å². The standard InChI is InChI=1S/C21H22N2O4/c1-12(2)4-9-15-18(25)11-19(27-3)20(21(15)26)17-10-16(22-23-17)13-5-7-14(24)8-6-13/h4-8,10-11,24-26H,9H2,1-3H3,(H,22,23). The van der Waals surface area contributed by atoms with Crippen molar-refractivity contribution < 1.29 is 20.1 Å². The number of hydrogen-bond acceptors (Lipinski definition) is 5. The molecule has 0 radical (unpaired) electrons. The van der Waals surface area contributed by atoms with Crippen molar-refractivity contribution in [2.45, 2.75) is 20.3 Å². The zero-order valence-electron chi connectivity index (χ0n) is 15.4. The fourth-order valence-electron chi connectivity index (χ4n) is 2.83. The Balaban J connectivity index is 2.09. The molecule has 0 saturated heterocycles. The summed E-state index contributed by atoms with van der Waals surface area (Å²) in [7, 11) is 1.48. The number of nitrogens with zero attached hydrogens (tertiary/aromatic N) is 1. The number of aromatic nitrogens is 2. The molecule has 6 nitrogen and oxygen atoms in total. The number of hydrogen-bond donors (Lipinski definition) is 4. The second kappa shape index (κ2) is 7.45. The first-order valence-electron chi connectivity index (χ1n) is 8.51. The largest absolute Gasteiger partial charge is 0.508 e. The lowest BCUT2D eigenvalue weighted by Crippen LogP contribution is -1.94. The summed E-state index contributed by atoms with van der Waals surface area (Å²) >= 11 is 0. The van der Waals surface area contributed by atoms with E-state index in [1.165, 1.54) is 13.2 Å². The second-order valence-electron chi connectivity index (χ2n) is 6.50. The maximum absolute atomic E-state index is 10.8. The molecule has 0 fully saturated rings. The van der Waals surface area contributed by atoms with Crippen LogP contribution < -0.4 is 4.74 Å². The normalized spacial score (nSPS) is 10.6. The molecule has 0 atom stereocenters. The van der Waals surface area contributed by atoms with E-state index in [1.54, 1.807) is 30.3 Å². The van der Waals surface area contributed by atoms with E-state index in [2.05, 4.69) is 10.2 Å². The smallest absolute Gasteiger partial charge is 0.135 e. The molecule has 0 aliphatic carbocycles. The average Bonchev–Trinajstić information content (AvgIpc) is 3.10. The second-order valence-corrected chi connectivity index (χ2v) is 6.50. The van der Waals surface area contributed by atoms with Crippen molar-refractivity contribution in [3.63, 3.8) is 0 Å². The van der Waals surface area contributed by atoms with Gasteiger partial charge in [-0.25, -0.2) is 0 Å². The maximum Gasteiger partial charge on any atom is 0.135 e. The van der Waals surface area contributed by atoms with E-state index in [4.69, 9.17) is 4.74 Å². The first kappa shape index (κ1) is 18.4. The SMILES string of the molecule is COc1cc(O)c(CC=C(C)C)c(O)c1-c1cc(-c2ccc(O)cc2)n[nH]1. The van der Waals surface area contributed by atoms with Gasteiger partial charge in [-0.3, -0.25) is 5.10 Å². The van der Waals surface area contributed by atoms with Gasteiger partial charge in [0.05, 0.1) is 24.1 Å². The van der Waals surface area contributed by atoms with E-state index in [0.717, 1.165) is 11.1 Å². The minimum atomic E-state index is -0.0507. The van der Waals surface area contributed by atoms with Gasteiger partial charge in [0.2, 0.25) is 0 Å². The maximum atomic E-state index is 10.8. The van der Waals surface area contributed by atoms with Crippen LogP contribution in [0.3, 0.4) is 0 Å². The molecule has 27 heavy (non-hydrogen) atoms. The summed E-state index contributed by atoms with van der Waals surface area (Å²) in [5.41, 5.74) is 3.98. The predicted octanol–water partition coefficient (Wildman–Crippen LogP) is 4.38. The van der Waals surface area contributed by atoms with Crippen LogP contribution in [0.1, 0.15) is 19.4 Å². The molecule has 3 aromatic rings. The zero-order chi connectivity index (χ0) is 19.6. The van der Waals surface area contributed by atoms with E-state index in [0.29, 0.717) is 34.7 Å². The van der Waals surface area contributed by atoms with Crippen molar-refractivity contribution in [1.29, 1.82) is 0 Å². The lowest BCUT2D eigenvalue weighted by Gasteiger charge is -2.14. The van der Waals surface area contributed by atoms with Crippen molar-refractivity contribution in [2.24, 2.45) is 0 Å². The predicted molar refractivity (Wildman–Crippen MR) is 104 cm³/mol. The molecule has 2 aromatic carbocycles. The van der Waals surface area contributed by atoms with Crippen LogP contribution in [0.25, 0.3) is 22.5 Å². The number of phenolic OH excluding ortho intramolecular Hbond substituents is 3. The molecule has 0 unspecified atom stereocenters. The number of methoxy groups -OCH3 is 1. The Bertz CT molecular complexity index is 984. The zero-order valence-corrected chi connectivity index (χ0v) is 15.4. The summed E-state index contributed by atoms with van der Waals surface area (Å²) in [6.45, 7) is 3.91. The number of aromatic amines is 1. The van der Waals surface area contributed by atoms with E-state index in [9.17, 15) is 15.3 Å². The molecule has 1 heterocycles. The van der Waals surface area contributed by atoms with Gasteiger partial charge in [0.1, 0.15) is 23.0 Å². The van der Waals surface area contributed by atoms with Crippen molar-refractivity contribution in [2.75, 3.05) is 7.11 Å². The molecule has 4 N–H and O–H groups in total. The van der Waals surface area contributed by atoms with Gasteiger partial charge in [-0.05, 0) is 50.6 Å². The van der Waals surface area contributed by atoms with Gasteiger partial charge >= 0.3 is 0 Å². The number of phenols is 3. The molecule has 0 bridgehead atoms. The van der Waals surface area contributed by atoms with Crippen LogP contribution in [0.2, 0.25) is 0 Å². The molecule has 3 rings (SSSR count). The van der Waals surface area contributed by atoms with Gasteiger partial charge in [-0.15, -0.1) is 0 Å². The molecule has 0 spiro atoms. The van der Waals surface area contributed by atoms with Crippen molar-refractivity contribution >= 4 is 0 Å². The monoisotopic (exact) mass is 366 g/mol. The van der Waals surface area contributed by atoms with Gasteiger partial charge in [-0.2, -0.15) is 5.10 Å². The van der Waals surface area contributed by atoms with Crippen LogP contribution in [0.4, 0.5) is 0 Å². The van der Waals surface area contributed by atoms with Crippen molar-refractivity contribution in [3.8, 4) is 45.5 Å². The number of nitrogens with one attached hydrogen (secondary N) is 1. The number of benzene rings is 2. The average molecular weight is 366 g/mol. The first-order valence-corrected chi connectivity index (χ1v) is 8.51. The van der Waals surface area contributed by atoms with Crippen LogP contribution in [0, 0.1) is 0 Å². The molecule has 0 aliphatic rings. The number of H-pyrrole nitrogens is 1. The van der Waals surface area contributed by atoms with Crippen LogP contribution >= 0.6 is 0 Å². The fourth-order valence-corrected chi connectivity index (χ4v) is 2.83. The summed E-state index contributed by atoms with van der Waals surface area (Å²) in [6, 6.07) is 9.95. The lowest BCUT2D eigenvalue weighted by atomic mass is 10.00. The molecule has 6 heteroatoms. The Hall–Kier alpha value is -3.41. The number of ether oxygens (including phenoxy) is 1. The van der Waals surface area contributed by atoms with E-state index < -0.39 is 0 Å². The third-order valence-corrected chi connectivity index (χ3v) is 4.29. The quantitative estimate of drug-likeness (QED) is 0.502. The topological polar surface area (TPSA) is 98.6 Å². The van der Waals surface area contributed by atoms with Crippen LogP contribution in [-0.4, -0.2) is 32.6 Å². The van der Waals surface area contributed by atoms with Gasteiger partial charge in [-0.1, -0.05) is 11.6 Å². The molecule has 140 valence electrons. The lowest BCUT2D eigenvalue weighted by molar-refractivity contribution is 0.397.